The number of hydrogen-bond acceptors (Lipinski definition) is 4. The van der Waals surface area contributed by atoms with Gasteiger partial charge in [-0.2, -0.15) is 0 Å². The van der Waals surface area contributed by atoms with Crippen molar-refractivity contribution < 1.29 is 5.11 Å². The predicted molar refractivity (Wildman–Crippen MR) is 81.5 cm³/mol. The van der Waals surface area contributed by atoms with Crippen LogP contribution in [0.4, 0.5) is 0 Å². The lowest BCUT2D eigenvalue weighted by Crippen LogP contribution is -2.48. The van der Waals surface area contributed by atoms with Crippen LogP contribution >= 0.6 is 0 Å². The monoisotopic (exact) mass is 271 g/mol. The van der Waals surface area contributed by atoms with E-state index >= 15 is 0 Å². The van der Waals surface area contributed by atoms with Crippen LogP contribution in [0.15, 0.2) is 0 Å². The SMILES string of the molecule is CCCNC(C)(CO)CCN(C)CC1CCN(C)C1. The summed E-state index contributed by atoms with van der Waals surface area (Å²) in [5.41, 5.74) is -0.128. The van der Waals surface area contributed by atoms with E-state index in [1.807, 2.05) is 0 Å². The number of nitrogens with one attached hydrogen (secondary N) is 1. The van der Waals surface area contributed by atoms with Crippen LogP contribution in [0.1, 0.15) is 33.1 Å². The summed E-state index contributed by atoms with van der Waals surface area (Å²) in [5.74, 6) is 0.819. The van der Waals surface area contributed by atoms with Crippen LogP contribution in [-0.4, -0.2) is 73.9 Å². The van der Waals surface area contributed by atoms with Gasteiger partial charge in [0.15, 0.2) is 0 Å². The highest BCUT2D eigenvalue weighted by atomic mass is 16.3. The first-order valence-corrected chi connectivity index (χ1v) is 7.72. The van der Waals surface area contributed by atoms with Crippen LogP contribution in [0.2, 0.25) is 0 Å². The molecule has 1 aliphatic rings. The number of hydrogen-bond donors (Lipinski definition) is 2. The zero-order valence-corrected chi connectivity index (χ0v) is 13.3. The van der Waals surface area contributed by atoms with Gasteiger partial charge in [0.1, 0.15) is 0 Å². The van der Waals surface area contributed by atoms with Gasteiger partial charge in [0.05, 0.1) is 6.61 Å². The Bertz CT molecular complexity index is 250. The maximum Gasteiger partial charge on any atom is 0.0611 e. The fourth-order valence-corrected chi connectivity index (χ4v) is 2.80. The second-order valence-corrected chi connectivity index (χ2v) is 6.57. The smallest absolute Gasteiger partial charge is 0.0611 e. The quantitative estimate of drug-likeness (QED) is 0.656. The second-order valence-electron chi connectivity index (χ2n) is 6.57. The summed E-state index contributed by atoms with van der Waals surface area (Å²) in [5, 5.41) is 13.0. The van der Waals surface area contributed by atoms with Gasteiger partial charge in [-0.1, -0.05) is 6.92 Å². The summed E-state index contributed by atoms with van der Waals surface area (Å²) in [7, 11) is 4.41. The van der Waals surface area contributed by atoms with Crippen LogP contribution in [-0.2, 0) is 0 Å². The minimum Gasteiger partial charge on any atom is -0.394 e. The van der Waals surface area contributed by atoms with Crippen molar-refractivity contribution in [1.29, 1.82) is 0 Å². The normalized spacial score (nSPS) is 24.0. The van der Waals surface area contributed by atoms with Gasteiger partial charge >= 0.3 is 0 Å². The van der Waals surface area contributed by atoms with E-state index in [2.05, 4.69) is 43.1 Å². The predicted octanol–water partition coefficient (Wildman–Crippen LogP) is 1.01. The van der Waals surface area contributed by atoms with E-state index in [4.69, 9.17) is 0 Å². The molecule has 0 spiro atoms. The van der Waals surface area contributed by atoms with E-state index in [0.29, 0.717) is 0 Å². The van der Waals surface area contributed by atoms with Gasteiger partial charge in [-0.15, -0.1) is 0 Å². The van der Waals surface area contributed by atoms with E-state index in [0.717, 1.165) is 31.8 Å². The van der Waals surface area contributed by atoms with E-state index < -0.39 is 0 Å². The lowest BCUT2D eigenvalue weighted by atomic mass is 9.98. The van der Waals surface area contributed by atoms with Crippen LogP contribution < -0.4 is 5.32 Å². The lowest BCUT2D eigenvalue weighted by molar-refractivity contribution is 0.147. The molecule has 0 bridgehead atoms. The van der Waals surface area contributed by atoms with Crippen molar-refractivity contribution in [3.8, 4) is 0 Å². The number of likely N-dealkylation sites (tertiary alicyclic amines) is 1. The first kappa shape index (κ1) is 16.9. The van der Waals surface area contributed by atoms with Gasteiger partial charge in [0.2, 0.25) is 0 Å². The van der Waals surface area contributed by atoms with Crippen LogP contribution in [0.3, 0.4) is 0 Å². The molecule has 0 aromatic rings. The average Bonchev–Trinajstić information content (AvgIpc) is 2.79. The minimum atomic E-state index is -0.128. The van der Waals surface area contributed by atoms with Crippen LogP contribution in [0.5, 0.6) is 0 Å². The number of rotatable bonds is 9. The molecule has 0 aromatic heterocycles. The van der Waals surface area contributed by atoms with Crippen LogP contribution in [0, 0.1) is 5.92 Å². The highest BCUT2D eigenvalue weighted by Crippen LogP contribution is 2.16. The van der Waals surface area contributed by atoms with Gasteiger partial charge in [-0.3, -0.25) is 0 Å². The van der Waals surface area contributed by atoms with Crippen LogP contribution in [0.25, 0.3) is 0 Å². The Balaban J connectivity index is 2.25. The highest BCUT2D eigenvalue weighted by Gasteiger charge is 2.24. The van der Waals surface area contributed by atoms with Crippen molar-refractivity contribution in [3.63, 3.8) is 0 Å². The molecule has 0 amide bonds. The molecular formula is C15H33N3O. The number of nitrogens with zero attached hydrogens (tertiary/aromatic N) is 2. The molecule has 1 fully saturated rings. The molecule has 0 radical (unpaired) electrons. The largest absolute Gasteiger partial charge is 0.394 e. The molecule has 1 heterocycles. The molecule has 0 saturated carbocycles. The number of aliphatic hydroxyl groups is 1. The van der Waals surface area contributed by atoms with Gasteiger partial charge < -0.3 is 20.2 Å². The third-order valence-corrected chi connectivity index (χ3v) is 4.25. The zero-order chi connectivity index (χ0) is 14.3. The summed E-state index contributed by atoms with van der Waals surface area (Å²) in [6.07, 6.45) is 3.44. The topological polar surface area (TPSA) is 38.7 Å². The summed E-state index contributed by atoms with van der Waals surface area (Å²) < 4.78 is 0. The maximum atomic E-state index is 9.56. The van der Waals surface area contributed by atoms with E-state index in [9.17, 15) is 5.11 Å². The molecule has 4 nitrogen and oxygen atoms in total. The number of aliphatic hydroxyl groups excluding tert-OH is 1. The molecule has 1 rings (SSSR count). The van der Waals surface area contributed by atoms with Gasteiger partial charge in [-0.05, 0) is 65.8 Å². The Morgan fingerprint density at radius 2 is 2.21 bits per heavy atom. The summed E-state index contributed by atoms with van der Waals surface area (Å²) in [4.78, 5) is 4.84. The van der Waals surface area contributed by atoms with Crippen molar-refractivity contribution in [1.82, 2.24) is 15.1 Å². The molecule has 19 heavy (non-hydrogen) atoms. The van der Waals surface area contributed by atoms with Gasteiger partial charge in [-0.25, -0.2) is 0 Å². The minimum absolute atomic E-state index is 0.128. The van der Waals surface area contributed by atoms with Crippen molar-refractivity contribution in [2.24, 2.45) is 5.92 Å². The van der Waals surface area contributed by atoms with E-state index in [1.54, 1.807) is 0 Å². The van der Waals surface area contributed by atoms with Gasteiger partial charge in [0, 0.05) is 18.6 Å². The fourth-order valence-electron chi connectivity index (χ4n) is 2.80. The molecule has 1 saturated heterocycles. The molecule has 2 N–H and O–H groups in total. The van der Waals surface area contributed by atoms with E-state index in [-0.39, 0.29) is 12.1 Å². The summed E-state index contributed by atoms with van der Waals surface area (Å²) in [6.45, 7) is 10.2. The third-order valence-electron chi connectivity index (χ3n) is 4.25. The summed E-state index contributed by atoms with van der Waals surface area (Å²) in [6, 6.07) is 0. The molecule has 2 unspecified atom stereocenters. The molecule has 2 atom stereocenters. The first-order chi connectivity index (χ1) is 8.99. The zero-order valence-electron chi connectivity index (χ0n) is 13.3. The maximum absolute atomic E-state index is 9.56. The standard InChI is InChI=1S/C15H33N3O/c1-5-8-16-15(2,13-19)7-10-18(4)12-14-6-9-17(3)11-14/h14,16,19H,5-13H2,1-4H3. The Morgan fingerprint density at radius 3 is 2.74 bits per heavy atom. The van der Waals surface area contributed by atoms with Crippen molar-refractivity contribution in [2.45, 2.75) is 38.6 Å². The Morgan fingerprint density at radius 1 is 1.47 bits per heavy atom. The lowest BCUT2D eigenvalue weighted by Gasteiger charge is -2.31. The molecule has 114 valence electrons. The van der Waals surface area contributed by atoms with Crippen molar-refractivity contribution in [3.05, 3.63) is 0 Å². The van der Waals surface area contributed by atoms with Crippen molar-refractivity contribution in [2.75, 3.05) is 53.4 Å². The Hall–Kier alpha value is -0.160. The molecule has 0 aromatic carbocycles. The molecular weight excluding hydrogens is 238 g/mol. The average molecular weight is 271 g/mol. The van der Waals surface area contributed by atoms with Crippen molar-refractivity contribution >= 4 is 0 Å². The first-order valence-electron chi connectivity index (χ1n) is 7.72. The fraction of sp³-hybridized carbons (Fsp3) is 1.00. The molecule has 0 aliphatic carbocycles. The molecule has 4 heteroatoms. The Kier molecular flexibility index (Phi) is 7.29. The Labute approximate surface area is 119 Å². The second kappa shape index (κ2) is 8.20. The summed E-state index contributed by atoms with van der Waals surface area (Å²) >= 11 is 0. The molecule has 1 aliphatic heterocycles. The van der Waals surface area contributed by atoms with E-state index in [1.165, 1.54) is 26.1 Å². The third kappa shape index (κ3) is 6.21. The van der Waals surface area contributed by atoms with Gasteiger partial charge in [0.25, 0.3) is 0 Å². The highest BCUT2D eigenvalue weighted by molar-refractivity contribution is 4.84.